The number of halogens is 2. The van der Waals surface area contributed by atoms with Gasteiger partial charge in [-0.25, -0.2) is 14.7 Å². The van der Waals surface area contributed by atoms with Crippen LogP contribution in [0, 0.1) is 0 Å². The quantitative estimate of drug-likeness (QED) is 0.184. The van der Waals surface area contributed by atoms with Crippen LogP contribution < -0.4 is 15.1 Å². The van der Waals surface area contributed by atoms with Gasteiger partial charge in [-0.15, -0.1) is 0 Å². The molecule has 0 fully saturated rings. The van der Waals surface area contributed by atoms with E-state index in [1.54, 1.807) is 34.2 Å². The first kappa shape index (κ1) is 28.0. The van der Waals surface area contributed by atoms with Crippen molar-refractivity contribution >= 4 is 68.8 Å². The van der Waals surface area contributed by atoms with E-state index >= 15 is 0 Å². The van der Waals surface area contributed by atoms with Crippen molar-refractivity contribution in [2.24, 2.45) is 0 Å². The molecule has 0 bridgehead atoms. The third-order valence-corrected chi connectivity index (χ3v) is 8.23. The van der Waals surface area contributed by atoms with E-state index in [9.17, 15) is 4.79 Å². The molecule has 0 radical (unpaired) electrons. The average molecular weight is 620 g/mol. The highest BCUT2D eigenvalue weighted by Crippen LogP contribution is 2.39. The standard InChI is InChI=1S/C35H28Cl2N6O/c36-28-15-16-32(31(37)19-28)42-23-27-20-38-34(39-29-12-2-1-3-13-29)40-33(27)43(35(42)44)30-14-6-8-24(18-30)9-7-17-41-21-25-10-4-5-11-26(25)22-41/h1-6,8,10-16,18-22H,7,9,17,23H2,(H,38,39,40). The van der Waals surface area contributed by atoms with Crippen molar-refractivity contribution < 1.29 is 4.79 Å². The molecule has 7 rings (SSSR count). The zero-order valence-corrected chi connectivity index (χ0v) is 25.2. The third-order valence-electron chi connectivity index (χ3n) is 7.69. The van der Waals surface area contributed by atoms with E-state index in [1.165, 1.54) is 10.8 Å². The van der Waals surface area contributed by atoms with Crippen LogP contribution in [0.25, 0.3) is 10.8 Å². The molecule has 3 heterocycles. The van der Waals surface area contributed by atoms with Gasteiger partial charge in [0.2, 0.25) is 5.95 Å². The molecule has 0 unspecified atom stereocenters. The fourth-order valence-corrected chi connectivity index (χ4v) is 6.08. The highest BCUT2D eigenvalue weighted by Gasteiger charge is 2.35. The van der Waals surface area contributed by atoms with Gasteiger partial charge in [0.25, 0.3) is 0 Å². The van der Waals surface area contributed by atoms with Crippen LogP contribution in [0.1, 0.15) is 17.5 Å². The summed E-state index contributed by atoms with van der Waals surface area (Å²) < 4.78 is 2.24. The summed E-state index contributed by atoms with van der Waals surface area (Å²) in [5, 5.41) is 6.63. The summed E-state index contributed by atoms with van der Waals surface area (Å²) in [7, 11) is 0. The Morgan fingerprint density at radius 1 is 0.841 bits per heavy atom. The Morgan fingerprint density at radius 3 is 2.39 bits per heavy atom. The minimum absolute atomic E-state index is 0.262. The average Bonchev–Trinajstić information content (AvgIpc) is 3.45. The maximum Gasteiger partial charge on any atom is 0.335 e. The number of aromatic nitrogens is 3. The summed E-state index contributed by atoms with van der Waals surface area (Å²) in [6, 6.07) is 31.0. The Morgan fingerprint density at radius 2 is 1.61 bits per heavy atom. The number of aryl methyl sites for hydroxylation is 2. The third kappa shape index (κ3) is 5.72. The molecule has 1 aliphatic heterocycles. The number of hydrogen-bond acceptors (Lipinski definition) is 4. The number of carbonyl (C=O) groups is 1. The van der Waals surface area contributed by atoms with Crippen molar-refractivity contribution in [3.8, 4) is 0 Å². The highest BCUT2D eigenvalue weighted by molar-refractivity contribution is 6.37. The van der Waals surface area contributed by atoms with E-state index in [4.69, 9.17) is 28.2 Å². The number of amides is 2. The van der Waals surface area contributed by atoms with Crippen LogP contribution in [-0.4, -0.2) is 20.6 Å². The minimum Gasteiger partial charge on any atom is -0.353 e. The lowest BCUT2D eigenvalue weighted by Gasteiger charge is -2.36. The molecule has 1 aliphatic rings. The van der Waals surface area contributed by atoms with E-state index in [0.717, 1.165) is 41.9 Å². The molecule has 0 saturated heterocycles. The van der Waals surface area contributed by atoms with Gasteiger partial charge in [-0.1, -0.05) is 77.8 Å². The molecule has 4 aromatic carbocycles. The van der Waals surface area contributed by atoms with Gasteiger partial charge in [0.05, 0.1) is 22.9 Å². The Hall–Kier alpha value is -4.85. The predicted molar refractivity (Wildman–Crippen MR) is 179 cm³/mol. The van der Waals surface area contributed by atoms with Crippen molar-refractivity contribution in [2.45, 2.75) is 25.9 Å². The minimum atomic E-state index is -0.262. The monoisotopic (exact) mass is 618 g/mol. The molecule has 2 amide bonds. The number of para-hydroxylation sites is 1. The first-order valence-corrected chi connectivity index (χ1v) is 15.2. The lowest BCUT2D eigenvalue weighted by molar-refractivity contribution is 0.252. The van der Waals surface area contributed by atoms with Crippen molar-refractivity contribution in [3.05, 3.63) is 137 Å². The molecular formula is C35H28Cl2N6O. The molecule has 218 valence electrons. The smallest absolute Gasteiger partial charge is 0.335 e. The lowest BCUT2D eigenvalue weighted by Crippen LogP contribution is -2.45. The number of nitrogens with one attached hydrogen (secondary N) is 1. The summed E-state index contributed by atoms with van der Waals surface area (Å²) in [6.45, 7) is 1.16. The summed E-state index contributed by atoms with van der Waals surface area (Å²) in [5.41, 5.74) is 4.07. The molecule has 0 spiro atoms. The van der Waals surface area contributed by atoms with Crippen LogP contribution in [0.3, 0.4) is 0 Å². The molecule has 2 aromatic heterocycles. The number of anilines is 5. The van der Waals surface area contributed by atoms with E-state index in [-0.39, 0.29) is 12.6 Å². The van der Waals surface area contributed by atoms with Crippen molar-refractivity contribution in [2.75, 3.05) is 15.1 Å². The molecule has 0 atom stereocenters. The van der Waals surface area contributed by atoms with E-state index in [0.29, 0.717) is 27.5 Å². The van der Waals surface area contributed by atoms with Gasteiger partial charge in [0.1, 0.15) is 0 Å². The van der Waals surface area contributed by atoms with Crippen molar-refractivity contribution in [1.82, 2.24) is 14.5 Å². The van der Waals surface area contributed by atoms with E-state index in [1.807, 2.05) is 42.5 Å². The maximum absolute atomic E-state index is 14.3. The fourth-order valence-electron chi connectivity index (χ4n) is 5.57. The molecular weight excluding hydrogens is 591 g/mol. The van der Waals surface area contributed by atoms with Crippen LogP contribution in [0.4, 0.5) is 33.6 Å². The van der Waals surface area contributed by atoms with Crippen LogP contribution in [-0.2, 0) is 19.5 Å². The number of urea groups is 1. The van der Waals surface area contributed by atoms with Gasteiger partial charge in [-0.05, 0) is 71.6 Å². The number of hydrogen-bond donors (Lipinski definition) is 1. The Kier molecular flexibility index (Phi) is 7.64. The second-order valence-electron chi connectivity index (χ2n) is 10.7. The zero-order chi connectivity index (χ0) is 30.0. The molecule has 0 aliphatic carbocycles. The van der Waals surface area contributed by atoms with Crippen molar-refractivity contribution in [1.29, 1.82) is 0 Å². The van der Waals surface area contributed by atoms with E-state index < -0.39 is 0 Å². The first-order valence-electron chi connectivity index (χ1n) is 14.4. The molecule has 7 nitrogen and oxygen atoms in total. The normalized spacial score (nSPS) is 12.9. The van der Waals surface area contributed by atoms with Crippen LogP contribution in [0.2, 0.25) is 10.0 Å². The Bertz CT molecular complexity index is 1940. The van der Waals surface area contributed by atoms with E-state index in [2.05, 4.69) is 63.7 Å². The Labute approximate surface area is 265 Å². The van der Waals surface area contributed by atoms with Gasteiger partial charge >= 0.3 is 6.03 Å². The summed E-state index contributed by atoms with van der Waals surface area (Å²) in [4.78, 5) is 26.9. The highest BCUT2D eigenvalue weighted by atomic mass is 35.5. The van der Waals surface area contributed by atoms with Crippen molar-refractivity contribution in [3.63, 3.8) is 0 Å². The van der Waals surface area contributed by atoms with Gasteiger partial charge in [0.15, 0.2) is 5.82 Å². The number of nitrogens with zero attached hydrogens (tertiary/aromatic N) is 5. The fraction of sp³-hybridized carbons (Fsp3) is 0.114. The lowest BCUT2D eigenvalue weighted by atomic mass is 10.1. The maximum atomic E-state index is 14.3. The molecule has 9 heteroatoms. The topological polar surface area (TPSA) is 66.3 Å². The number of carbonyl (C=O) groups excluding carboxylic acids is 1. The van der Waals surface area contributed by atoms with Gasteiger partial charge < -0.3 is 9.88 Å². The number of rotatable bonds is 8. The Balaban J connectivity index is 1.20. The SMILES string of the molecule is O=C1N(c2ccc(Cl)cc2Cl)Cc2cnc(Nc3ccccc3)nc2N1c1cccc(CCCn2cc3ccccc3c2)c1. The number of benzene rings is 4. The molecule has 0 saturated carbocycles. The summed E-state index contributed by atoms with van der Waals surface area (Å²) in [5.74, 6) is 0.932. The van der Waals surface area contributed by atoms with Gasteiger partial charge in [-0.3, -0.25) is 4.90 Å². The van der Waals surface area contributed by atoms with Gasteiger partial charge in [-0.2, -0.15) is 4.98 Å². The predicted octanol–water partition coefficient (Wildman–Crippen LogP) is 9.39. The number of fused-ring (bicyclic) bond motifs is 2. The van der Waals surface area contributed by atoms with Crippen LogP contribution >= 0.6 is 23.2 Å². The molecule has 44 heavy (non-hydrogen) atoms. The summed E-state index contributed by atoms with van der Waals surface area (Å²) >= 11 is 12.8. The largest absolute Gasteiger partial charge is 0.353 e. The van der Waals surface area contributed by atoms with Crippen LogP contribution in [0.5, 0.6) is 0 Å². The summed E-state index contributed by atoms with van der Waals surface area (Å²) in [6.07, 6.45) is 7.94. The zero-order valence-electron chi connectivity index (χ0n) is 23.7. The molecule has 1 N–H and O–H groups in total. The second kappa shape index (κ2) is 12.0. The second-order valence-corrected chi connectivity index (χ2v) is 11.6. The van der Waals surface area contributed by atoms with Crippen LogP contribution in [0.15, 0.2) is 116 Å². The first-order chi connectivity index (χ1) is 21.5. The van der Waals surface area contributed by atoms with Gasteiger partial charge in [0, 0.05) is 41.4 Å². The molecule has 6 aromatic rings.